The zero-order chi connectivity index (χ0) is 14.6. The summed E-state index contributed by atoms with van der Waals surface area (Å²) in [7, 11) is 0. The van der Waals surface area contributed by atoms with E-state index in [2.05, 4.69) is 31.1 Å². The van der Waals surface area contributed by atoms with Crippen LogP contribution in [0.1, 0.15) is 54.5 Å². The first-order valence-electron chi connectivity index (χ1n) is 6.83. The summed E-state index contributed by atoms with van der Waals surface area (Å²) < 4.78 is 0. The number of carbonyl (C=O) groups is 1. The minimum atomic E-state index is -0.377. The molecule has 1 atom stereocenters. The van der Waals surface area contributed by atoms with Crippen molar-refractivity contribution in [2.45, 2.75) is 53.0 Å². The number of hydrogen-bond acceptors (Lipinski definition) is 4. The van der Waals surface area contributed by atoms with Crippen molar-refractivity contribution < 1.29 is 4.79 Å². The molecule has 0 bridgehead atoms. The molecule has 0 aliphatic carbocycles. The van der Waals surface area contributed by atoms with Crippen LogP contribution in [0.3, 0.4) is 0 Å². The normalized spacial score (nSPS) is 13.1. The van der Waals surface area contributed by atoms with Crippen molar-refractivity contribution in [1.29, 1.82) is 0 Å². The lowest BCUT2D eigenvalue weighted by Gasteiger charge is -2.33. The molecule has 0 spiro atoms. The molecule has 0 radical (unpaired) electrons. The minimum Gasteiger partial charge on any atom is -0.345 e. The van der Waals surface area contributed by atoms with Crippen molar-refractivity contribution in [1.82, 2.24) is 10.3 Å². The number of amides is 1. The van der Waals surface area contributed by atoms with Crippen LogP contribution in [0, 0.1) is 12.8 Å². The van der Waals surface area contributed by atoms with Crippen LogP contribution in [-0.4, -0.2) is 23.0 Å². The van der Waals surface area contributed by atoms with E-state index in [1.807, 2.05) is 13.8 Å². The molecule has 0 fully saturated rings. The first-order valence-corrected chi connectivity index (χ1v) is 7.64. The Labute approximate surface area is 144 Å². The Bertz CT molecular complexity index is 451. The monoisotopic (exact) mass is 355 g/mol. The van der Waals surface area contributed by atoms with Crippen LogP contribution in [-0.2, 0) is 6.42 Å². The largest absolute Gasteiger partial charge is 0.345 e. The lowest BCUT2D eigenvalue weighted by Crippen LogP contribution is -2.54. The average molecular weight is 356 g/mol. The molecular weight excluding hydrogens is 329 g/mol. The molecule has 1 unspecified atom stereocenters. The van der Waals surface area contributed by atoms with Gasteiger partial charge in [0.15, 0.2) is 0 Å². The predicted octanol–water partition coefficient (Wildman–Crippen LogP) is 3.35. The quantitative estimate of drug-likeness (QED) is 0.821. The van der Waals surface area contributed by atoms with Gasteiger partial charge in [0.05, 0.1) is 16.2 Å². The fourth-order valence-electron chi connectivity index (χ4n) is 1.73. The Morgan fingerprint density at radius 1 is 1.43 bits per heavy atom. The van der Waals surface area contributed by atoms with Crippen LogP contribution >= 0.6 is 36.2 Å². The highest BCUT2D eigenvalue weighted by Gasteiger charge is 2.30. The lowest BCUT2D eigenvalue weighted by molar-refractivity contribution is 0.0886. The van der Waals surface area contributed by atoms with E-state index < -0.39 is 0 Å². The van der Waals surface area contributed by atoms with Crippen LogP contribution in [0.2, 0.25) is 0 Å². The summed E-state index contributed by atoms with van der Waals surface area (Å²) in [6.07, 6.45) is 1.97. The number of nitrogens with two attached hydrogens (primary N) is 1. The molecule has 0 aromatic carbocycles. The van der Waals surface area contributed by atoms with Crippen molar-refractivity contribution in [2.24, 2.45) is 11.7 Å². The smallest absolute Gasteiger partial charge is 0.263 e. The van der Waals surface area contributed by atoms with Crippen LogP contribution < -0.4 is 11.1 Å². The first-order chi connectivity index (χ1) is 8.84. The summed E-state index contributed by atoms with van der Waals surface area (Å²) in [6.45, 7) is 10.5. The van der Waals surface area contributed by atoms with Gasteiger partial charge in [0.25, 0.3) is 5.91 Å². The number of halogens is 2. The SMILES string of the molecule is CCCc1nc(C)c(C(=O)NC(C)(CN)C(C)C)s1.Cl.Cl. The Kier molecular flexibility index (Phi) is 10.5. The fourth-order valence-corrected chi connectivity index (χ4v) is 2.79. The van der Waals surface area contributed by atoms with E-state index in [-0.39, 0.29) is 42.2 Å². The number of hydrogen-bond donors (Lipinski definition) is 2. The number of nitrogens with zero attached hydrogens (tertiary/aromatic N) is 1. The van der Waals surface area contributed by atoms with Gasteiger partial charge in [-0.05, 0) is 32.6 Å². The molecule has 0 saturated heterocycles. The van der Waals surface area contributed by atoms with E-state index in [1.54, 1.807) is 0 Å². The Morgan fingerprint density at radius 3 is 2.43 bits per heavy atom. The summed E-state index contributed by atoms with van der Waals surface area (Å²) in [4.78, 5) is 17.5. The van der Waals surface area contributed by atoms with Gasteiger partial charge in [0.2, 0.25) is 0 Å². The van der Waals surface area contributed by atoms with Crippen molar-refractivity contribution in [3.05, 3.63) is 15.6 Å². The second-order valence-electron chi connectivity index (χ2n) is 5.50. The van der Waals surface area contributed by atoms with E-state index in [0.29, 0.717) is 11.4 Å². The maximum atomic E-state index is 12.4. The molecule has 0 aliphatic heterocycles. The summed E-state index contributed by atoms with van der Waals surface area (Å²) in [5.41, 5.74) is 6.24. The maximum Gasteiger partial charge on any atom is 0.263 e. The summed E-state index contributed by atoms with van der Waals surface area (Å²) in [6, 6.07) is 0. The van der Waals surface area contributed by atoms with Gasteiger partial charge in [-0.2, -0.15) is 0 Å². The second kappa shape index (κ2) is 9.62. The first kappa shape index (κ1) is 22.9. The molecule has 1 amide bonds. The van der Waals surface area contributed by atoms with Gasteiger partial charge in [-0.1, -0.05) is 20.8 Å². The molecule has 1 heterocycles. The topological polar surface area (TPSA) is 68.0 Å². The number of nitrogens with one attached hydrogen (secondary N) is 1. The molecule has 1 aromatic rings. The molecule has 7 heteroatoms. The average Bonchev–Trinajstić information content (AvgIpc) is 2.70. The van der Waals surface area contributed by atoms with Gasteiger partial charge in [-0.3, -0.25) is 4.79 Å². The van der Waals surface area contributed by atoms with Gasteiger partial charge in [0.1, 0.15) is 4.88 Å². The number of aromatic nitrogens is 1. The van der Waals surface area contributed by atoms with E-state index in [4.69, 9.17) is 5.73 Å². The Hall–Kier alpha value is -0.360. The number of thiazole rings is 1. The van der Waals surface area contributed by atoms with Gasteiger partial charge in [-0.25, -0.2) is 4.98 Å². The highest BCUT2D eigenvalue weighted by atomic mass is 35.5. The van der Waals surface area contributed by atoms with Gasteiger partial charge in [-0.15, -0.1) is 36.2 Å². The molecule has 1 aromatic heterocycles. The number of aryl methyl sites for hydroxylation is 2. The molecule has 0 aliphatic rings. The van der Waals surface area contributed by atoms with Crippen molar-refractivity contribution >= 4 is 42.1 Å². The lowest BCUT2D eigenvalue weighted by atomic mass is 9.88. The molecule has 0 saturated carbocycles. The van der Waals surface area contributed by atoms with Crippen molar-refractivity contribution in [3.63, 3.8) is 0 Å². The van der Waals surface area contributed by atoms with E-state index >= 15 is 0 Å². The number of rotatable bonds is 6. The predicted molar refractivity (Wildman–Crippen MR) is 95.1 cm³/mol. The van der Waals surface area contributed by atoms with E-state index in [9.17, 15) is 4.79 Å². The highest BCUT2D eigenvalue weighted by molar-refractivity contribution is 7.13. The summed E-state index contributed by atoms with van der Waals surface area (Å²) in [5.74, 6) is 0.226. The standard InChI is InChI=1S/C14H25N3OS.2ClH/c1-6-7-11-16-10(4)12(19-11)13(18)17-14(5,8-15)9(2)3;;/h9H,6-8,15H2,1-5H3,(H,17,18);2*1H. The minimum absolute atomic E-state index is 0. The molecule has 21 heavy (non-hydrogen) atoms. The van der Waals surface area contributed by atoms with Crippen LogP contribution in [0.5, 0.6) is 0 Å². The molecule has 3 N–H and O–H groups in total. The molecule has 124 valence electrons. The van der Waals surface area contributed by atoms with Crippen LogP contribution in [0.25, 0.3) is 0 Å². The number of carbonyl (C=O) groups excluding carboxylic acids is 1. The van der Waals surface area contributed by atoms with Gasteiger partial charge < -0.3 is 11.1 Å². The Balaban J connectivity index is 0. The third kappa shape index (κ3) is 5.74. The summed E-state index contributed by atoms with van der Waals surface area (Å²) in [5, 5.41) is 4.09. The van der Waals surface area contributed by atoms with Crippen LogP contribution in [0.15, 0.2) is 0 Å². The summed E-state index contributed by atoms with van der Waals surface area (Å²) >= 11 is 1.49. The van der Waals surface area contributed by atoms with Crippen LogP contribution in [0.4, 0.5) is 0 Å². The third-order valence-electron chi connectivity index (χ3n) is 3.61. The van der Waals surface area contributed by atoms with Crippen molar-refractivity contribution in [3.8, 4) is 0 Å². The molecule has 4 nitrogen and oxygen atoms in total. The van der Waals surface area contributed by atoms with E-state index in [0.717, 1.165) is 23.5 Å². The molecular formula is C14H27Cl2N3OS. The maximum absolute atomic E-state index is 12.4. The van der Waals surface area contributed by atoms with E-state index in [1.165, 1.54) is 11.3 Å². The highest BCUT2D eigenvalue weighted by Crippen LogP contribution is 2.22. The second-order valence-corrected chi connectivity index (χ2v) is 6.59. The Morgan fingerprint density at radius 2 is 2.00 bits per heavy atom. The van der Waals surface area contributed by atoms with Crippen molar-refractivity contribution in [2.75, 3.05) is 6.54 Å². The van der Waals surface area contributed by atoms with Gasteiger partial charge >= 0.3 is 0 Å². The zero-order valence-electron chi connectivity index (χ0n) is 13.4. The fraction of sp³-hybridized carbons (Fsp3) is 0.714. The zero-order valence-corrected chi connectivity index (χ0v) is 15.8. The molecule has 1 rings (SSSR count). The van der Waals surface area contributed by atoms with Gasteiger partial charge in [0, 0.05) is 6.54 Å². The third-order valence-corrected chi connectivity index (χ3v) is 4.82.